The Hall–Kier alpha value is -0.870. The van der Waals surface area contributed by atoms with Gasteiger partial charge in [0.1, 0.15) is 0 Å². The van der Waals surface area contributed by atoms with E-state index in [2.05, 4.69) is 17.1 Å². The molecule has 0 aromatic carbocycles. The van der Waals surface area contributed by atoms with Crippen molar-refractivity contribution in [3.63, 3.8) is 0 Å². The molecule has 146 valence electrons. The molecule has 0 radical (unpaired) electrons. The normalized spacial score (nSPS) is 28.1. The number of likely N-dealkylation sites (tertiary alicyclic amines) is 1. The lowest BCUT2D eigenvalue weighted by Crippen LogP contribution is -2.44. The van der Waals surface area contributed by atoms with Crippen LogP contribution in [0.4, 0.5) is 0 Å². The molecular weight excluding hydrogens is 324 g/mol. The Labute approximate surface area is 158 Å². The maximum Gasteiger partial charge on any atom is 0.223 e. The lowest BCUT2D eigenvalue weighted by molar-refractivity contribution is -0.131. The van der Waals surface area contributed by atoms with Gasteiger partial charge in [0.05, 0.1) is 0 Å². The Balaban J connectivity index is 1.18. The highest BCUT2D eigenvalue weighted by Crippen LogP contribution is 2.47. The Morgan fingerprint density at radius 3 is 2.23 bits per heavy atom. The van der Waals surface area contributed by atoms with E-state index < -0.39 is 0 Å². The molecule has 2 saturated heterocycles. The third-order valence-electron chi connectivity index (χ3n) is 7.57. The smallest absolute Gasteiger partial charge is 0.223 e. The van der Waals surface area contributed by atoms with Crippen molar-refractivity contribution in [1.29, 1.82) is 0 Å². The molecule has 3 heterocycles. The minimum atomic E-state index is 0.377. The molecular formula is C22H36N2O2. The monoisotopic (exact) mass is 360 g/mol. The third kappa shape index (κ3) is 4.51. The van der Waals surface area contributed by atoms with Crippen molar-refractivity contribution in [3.8, 4) is 0 Å². The van der Waals surface area contributed by atoms with E-state index in [0.29, 0.717) is 17.2 Å². The molecule has 0 aromatic rings. The van der Waals surface area contributed by atoms with E-state index in [1.54, 1.807) is 0 Å². The number of amides is 1. The maximum absolute atomic E-state index is 12.4. The van der Waals surface area contributed by atoms with Crippen LogP contribution in [0.1, 0.15) is 57.8 Å². The van der Waals surface area contributed by atoms with Gasteiger partial charge in [0.25, 0.3) is 0 Å². The number of hydrogen-bond acceptors (Lipinski definition) is 3. The van der Waals surface area contributed by atoms with Crippen molar-refractivity contribution < 1.29 is 9.53 Å². The molecule has 3 fully saturated rings. The second-order valence-corrected chi connectivity index (χ2v) is 9.27. The fourth-order valence-corrected chi connectivity index (χ4v) is 5.56. The lowest BCUT2D eigenvalue weighted by atomic mass is 9.65. The topological polar surface area (TPSA) is 32.8 Å². The number of hydrogen-bond donors (Lipinski definition) is 0. The number of piperidine rings is 1. The van der Waals surface area contributed by atoms with Crippen LogP contribution in [-0.2, 0) is 9.53 Å². The first-order chi connectivity index (χ1) is 12.7. The van der Waals surface area contributed by atoms with E-state index in [0.717, 1.165) is 38.6 Å². The molecule has 0 N–H and O–H groups in total. The minimum Gasteiger partial charge on any atom is -0.381 e. The second-order valence-electron chi connectivity index (χ2n) is 9.27. The summed E-state index contributed by atoms with van der Waals surface area (Å²) in [6, 6.07) is 0. The van der Waals surface area contributed by atoms with Gasteiger partial charge in [0.2, 0.25) is 5.91 Å². The van der Waals surface area contributed by atoms with Gasteiger partial charge < -0.3 is 14.5 Å². The summed E-state index contributed by atoms with van der Waals surface area (Å²) >= 11 is 0. The standard InChI is InChI=1S/C22H36N2O2/c25-21(24-11-1-2-12-24)17-19-3-7-22(8-4-19)9-13-23(14-10-22)18-20-5-15-26-16-6-20/h1-2,19-20H,3-18H2. The molecule has 0 bridgehead atoms. The molecule has 4 aliphatic rings. The van der Waals surface area contributed by atoms with Crippen molar-refractivity contribution in [2.45, 2.75) is 57.8 Å². The first-order valence-electron chi connectivity index (χ1n) is 11.0. The minimum absolute atomic E-state index is 0.377. The summed E-state index contributed by atoms with van der Waals surface area (Å²) in [5, 5.41) is 0. The van der Waals surface area contributed by atoms with E-state index in [-0.39, 0.29) is 0 Å². The molecule has 4 nitrogen and oxygen atoms in total. The molecule has 1 saturated carbocycles. The number of ether oxygens (including phenoxy) is 1. The summed E-state index contributed by atoms with van der Waals surface area (Å²) in [6.07, 6.45) is 15.5. The zero-order chi connectivity index (χ0) is 17.8. The molecule has 4 rings (SSSR count). The SMILES string of the molecule is O=C(CC1CCC2(CC1)CCN(CC1CCOCC1)CC2)N1CC=CC1. The second kappa shape index (κ2) is 8.43. The van der Waals surface area contributed by atoms with Crippen LogP contribution in [0.5, 0.6) is 0 Å². The number of carbonyl (C=O) groups is 1. The van der Waals surface area contributed by atoms with Crippen LogP contribution < -0.4 is 0 Å². The van der Waals surface area contributed by atoms with Crippen molar-refractivity contribution in [2.75, 3.05) is 45.9 Å². The molecule has 1 aliphatic carbocycles. The van der Waals surface area contributed by atoms with Gasteiger partial charge in [-0.15, -0.1) is 0 Å². The van der Waals surface area contributed by atoms with Crippen LogP contribution in [0.2, 0.25) is 0 Å². The van der Waals surface area contributed by atoms with E-state index in [4.69, 9.17) is 4.74 Å². The maximum atomic E-state index is 12.4. The predicted molar refractivity (Wildman–Crippen MR) is 104 cm³/mol. The van der Waals surface area contributed by atoms with Crippen LogP contribution in [-0.4, -0.2) is 61.6 Å². The molecule has 1 amide bonds. The van der Waals surface area contributed by atoms with Gasteiger partial charge in [0, 0.05) is 39.3 Å². The quantitative estimate of drug-likeness (QED) is 0.720. The van der Waals surface area contributed by atoms with Crippen LogP contribution in [0.3, 0.4) is 0 Å². The molecule has 0 unspecified atom stereocenters. The van der Waals surface area contributed by atoms with Crippen LogP contribution >= 0.6 is 0 Å². The first-order valence-corrected chi connectivity index (χ1v) is 11.0. The molecule has 26 heavy (non-hydrogen) atoms. The Morgan fingerprint density at radius 1 is 0.923 bits per heavy atom. The summed E-state index contributed by atoms with van der Waals surface area (Å²) in [5.74, 6) is 1.87. The van der Waals surface area contributed by atoms with Crippen molar-refractivity contribution >= 4 is 5.91 Å². The Kier molecular flexibility index (Phi) is 6.00. The number of nitrogens with zero attached hydrogens (tertiary/aromatic N) is 2. The Morgan fingerprint density at radius 2 is 1.58 bits per heavy atom. The van der Waals surface area contributed by atoms with E-state index in [1.165, 1.54) is 71.0 Å². The van der Waals surface area contributed by atoms with Gasteiger partial charge in [-0.2, -0.15) is 0 Å². The highest BCUT2D eigenvalue weighted by atomic mass is 16.5. The van der Waals surface area contributed by atoms with Gasteiger partial charge in [-0.1, -0.05) is 12.2 Å². The van der Waals surface area contributed by atoms with Crippen LogP contribution in [0.15, 0.2) is 12.2 Å². The molecule has 0 atom stereocenters. The average Bonchev–Trinajstić information content (AvgIpc) is 3.22. The fraction of sp³-hybridized carbons (Fsp3) is 0.864. The average molecular weight is 361 g/mol. The summed E-state index contributed by atoms with van der Waals surface area (Å²) in [4.78, 5) is 17.1. The van der Waals surface area contributed by atoms with Crippen molar-refractivity contribution in [3.05, 3.63) is 12.2 Å². The Bertz CT molecular complexity index is 486. The van der Waals surface area contributed by atoms with Gasteiger partial charge in [-0.25, -0.2) is 0 Å². The molecule has 4 heteroatoms. The molecule has 0 aromatic heterocycles. The zero-order valence-corrected chi connectivity index (χ0v) is 16.3. The van der Waals surface area contributed by atoms with E-state index in [9.17, 15) is 4.79 Å². The largest absolute Gasteiger partial charge is 0.381 e. The molecule has 3 aliphatic heterocycles. The summed E-state index contributed by atoms with van der Waals surface area (Å²) in [7, 11) is 0. The number of rotatable bonds is 4. The summed E-state index contributed by atoms with van der Waals surface area (Å²) < 4.78 is 5.50. The van der Waals surface area contributed by atoms with Gasteiger partial charge in [-0.05, 0) is 81.7 Å². The highest BCUT2D eigenvalue weighted by molar-refractivity contribution is 5.77. The van der Waals surface area contributed by atoms with Gasteiger partial charge >= 0.3 is 0 Å². The fourth-order valence-electron chi connectivity index (χ4n) is 5.56. The highest BCUT2D eigenvalue weighted by Gasteiger charge is 2.39. The van der Waals surface area contributed by atoms with E-state index in [1.807, 2.05) is 4.90 Å². The summed E-state index contributed by atoms with van der Waals surface area (Å²) in [6.45, 7) is 7.48. The third-order valence-corrected chi connectivity index (χ3v) is 7.57. The first kappa shape index (κ1) is 18.5. The zero-order valence-electron chi connectivity index (χ0n) is 16.3. The van der Waals surface area contributed by atoms with Gasteiger partial charge in [0.15, 0.2) is 0 Å². The number of carbonyl (C=O) groups excluding carboxylic acids is 1. The predicted octanol–water partition coefficient (Wildman–Crippen LogP) is 3.47. The molecule has 1 spiro atoms. The van der Waals surface area contributed by atoms with E-state index >= 15 is 0 Å². The van der Waals surface area contributed by atoms with Crippen LogP contribution in [0.25, 0.3) is 0 Å². The van der Waals surface area contributed by atoms with Crippen LogP contribution in [0, 0.1) is 17.3 Å². The summed E-state index contributed by atoms with van der Waals surface area (Å²) in [5.41, 5.74) is 0.598. The van der Waals surface area contributed by atoms with Crippen molar-refractivity contribution in [2.24, 2.45) is 17.3 Å². The van der Waals surface area contributed by atoms with Crippen molar-refractivity contribution in [1.82, 2.24) is 9.80 Å². The lowest BCUT2D eigenvalue weighted by Gasteiger charge is -2.46. The van der Waals surface area contributed by atoms with Gasteiger partial charge in [-0.3, -0.25) is 4.79 Å².